The van der Waals surface area contributed by atoms with E-state index in [2.05, 4.69) is 57.4 Å². The Kier molecular flexibility index (Phi) is 6.30. The number of anilines is 1. The number of aliphatic imine (C=N–C) groups is 1. The second-order valence-corrected chi connectivity index (χ2v) is 6.15. The summed E-state index contributed by atoms with van der Waals surface area (Å²) < 4.78 is 5.19. The van der Waals surface area contributed by atoms with Gasteiger partial charge in [-0.15, -0.1) is 0 Å². The van der Waals surface area contributed by atoms with Gasteiger partial charge in [-0.3, -0.25) is 0 Å². The zero-order valence-corrected chi connectivity index (χ0v) is 15.6. The van der Waals surface area contributed by atoms with Crippen molar-refractivity contribution < 1.29 is 4.74 Å². The van der Waals surface area contributed by atoms with E-state index in [9.17, 15) is 0 Å². The average Bonchev–Trinajstić information content (AvgIpc) is 2.72. The van der Waals surface area contributed by atoms with Crippen LogP contribution in [0.5, 0.6) is 5.88 Å². The number of pyridine rings is 1. The fourth-order valence-corrected chi connectivity index (χ4v) is 3.06. The molecule has 0 spiro atoms. The maximum atomic E-state index is 5.19. The third-order valence-electron chi connectivity index (χ3n) is 4.42. The van der Waals surface area contributed by atoms with Gasteiger partial charge in [0.1, 0.15) is 0 Å². The lowest BCUT2D eigenvalue weighted by atomic mass is 10.2. The zero-order chi connectivity index (χ0) is 18.2. The molecule has 1 aliphatic heterocycles. The lowest BCUT2D eigenvalue weighted by molar-refractivity contribution is 0.372. The van der Waals surface area contributed by atoms with Crippen LogP contribution in [0.1, 0.15) is 12.6 Å². The van der Waals surface area contributed by atoms with Gasteiger partial charge >= 0.3 is 0 Å². The molecule has 2 aromatic rings. The van der Waals surface area contributed by atoms with E-state index >= 15 is 0 Å². The maximum absolute atomic E-state index is 5.19. The van der Waals surface area contributed by atoms with E-state index in [0.717, 1.165) is 44.4 Å². The molecule has 0 aliphatic carbocycles. The van der Waals surface area contributed by atoms with E-state index in [1.165, 1.54) is 5.69 Å². The van der Waals surface area contributed by atoms with Gasteiger partial charge in [-0.1, -0.05) is 24.3 Å². The van der Waals surface area contributed by atoms with Crippen molar-refractivity contribution in [2.75, 3.05) is 44.7 Å². The Balaban J connectivity index is 1.62. The van der Waals surface area contributed by atoms with Gasteiger partial charge in [0.2, 0.25) is 5.88 Å². The summed E-state index contributed by atoms with van der Waals surface area (Å²) in [5, 5.41) is 3.40. The third kappa shape index (κ3) is 4.65. The van der Waals surface area contributed by atoms with Gasteiger partial charge in [0, 0.05) is 44.5 Å². The van der Waals surface area contributed by atoms with Gasteiger partial charge in [-0.25, -0.2) is 9.98 Å². The molecule has 0 bridgehead atoms. The number of nitrogens with one attached hydrogen (secondary N) is 1. The van der Waals surface area contributed by atoms with Crippen molar-refractivity contribution >= 4 is 11.6 Å². The van der Waals surface area contributed by atoms with Crippen molar-refractivity contribution in [1.82, 2.24) is 15.2 Å². The van der Waals surface area contributed by atoms with Gasteiger partial charge in [0.25, 0.3) is 0 Å². The number of hydrogen-bond acceptors (Lipinski definition) is 4. The normalized spacial score (nSPS) is 15.1. The largest absolute Gasteiger partial charge is 0.481 e. The van der Waals surface area contributed by atoms with Crippen molar-refractivity contribution in [3.63, 3.8) is 0 Å². The van der Waals surface area contributed by atoms with Crippen molar-refractivity contribution in [3.05, 3.63) is 54.2 Å². The fraction of sp³-hybridized carbons (Fsp3) is 0.400. The molecule has 1 aromatic heterocycles. The number of guanidine groups is 1. The molecule has 3 rings (SSSR count). The molecular weight excluding hydrogens is 326 g/mol. The number of benzene rings is 1. The lowest BCUT2D eigenvalue weighted by Gasteiger charge is -2.37. The molecule has 6 heteroatoms. The molecule has 2 heterocycles. The number of ether oxygens (including phenoxy) is 1. The summed E-state index contributed by atoms with van der Waals surface area (Å²) in [5.41, 5.74) is 2.19. The molecule has 0 radical (unpaired) electrons. The van der Waals surface area contributed by atoms with Crippen LogP contribution in [0, 0.1) is 0 Å². The van der Waals surface area contributed by atoms with Crippen LogP contribution >= 0.6 is 0 Å². The molecule has 0 amide bonds. The molecule has 138 valence electrons. The second-order valence-electron chi connectivity index (χ2n) is 6.15. The summed E-state index contributed by atoms with van der Waals surface area (Å²) >= 11 is 0. The highest BCUT2D eigenvalue weighted by atomic mass is 16.5. The Hall–Kier alpha value is -2.76. The van der Waals surface area contributed by atoms with Crippen LogP contribution in [0.4, 0.5) is 5.69 Å². The van der Waals surface area contributed by atoms with Crippen LogP contribution in [0.3, 0.4) is 0 Å². The summed E-state index contributed by atoms with van der Waals surface area (Å²) in [4.78, 5) is 14.0. The van der Waals surface area contributed by atoms with Gasteiger partial charge < -0.3 is 19.9 Å². The molecule has 1 fully saturated rings. The summed E-state index contributed by atoms with van der Waals surface area (Å²) in [6.07, 6.45) is 0. The van der Waals surface area contributed by atoms with Crippen LogP contribution < -0.4 is 15.0 Å². The van der Waals surface area contributed by atoms with Gasteiger partial charge in [-0.05, 0) is 25.1 Å². The van der Waals surface area contributed by atoms with Crippen molar-refractivity contribution in [1.29, 1.82) is 0 Å². The van der Waals surface area contributed by atoms with E-state index in [-0.39, 0.29) is 0 Å². The number of para-hydroxylation sites is 1. The molecule has 6 nitrogen and oxygen atoms in total. The summed E-state index contributed by atoms with van der Waals surface area (Å²) in [5.74, 6) is 1.57. The average molecular weight is 353 g/mol. The van der Waals surface area contributed by atoms with Crippen LogP contribution in [0.15, 0.2) is 53.5 Å². The number of rotatable bonds is 5. The Bertz CT molecular complexity index is 711. The third-order valence-corrected chi connectivity index (χ3v) is 4.42. The summed E-state index contributed by atoms with van der Waals surface area (Å²) in [6.45, 7) is 7.37. The van der Waals surface area contributed by atoms with Crippen molar-refractivity contribution in [2.45, 2.75) is 13.5 Å². The smallest absolute Gasteiger partial charge is 0.213 e. The second kappa shape index (κ2) is 9.08. The Morgan fingerprint density at radius 1 is 1.08 bits per heavy atom. The minimum atomic E-state index is 0.540. The first-order valence-corrected chi connectivity index (χ1v) is 9.13. The number of piperazine rings is 1. The van der Waals surface area contributed by atoms with Gasteiger partial charge in [0.05, 0.1) is 19.3 Å². The molecule has 1 saturated heterocycles. The number of nitrogens with zero attached hydrogens (tertiary/aromatic N) is 4. The molecule has 0 atom stereocenters. The van der Waals surface area contributed by atoms with Gasteiger partial charge in [0.15, 0.2) is 5.96 Å². The minimum Gasteiger partial charge on any atom is -0.481 e. The maximum Gasteiger partial charge on any atom is 0.213 e. The number of aromatic nitrogens is 1. The molecule has 0 saturated carbocycles. The van der Waals surface area contributed by atoms with E-state index in [1.54, 1.807) is 7.11 Å². The van der Waals surface area contributed by atoms with Crippen LogP contribution in [0.25, 0.3) is 0 Å². The van der Waals surface area contributed by atoms with E-state index in [1.807, 2.05) is 18.2 Å². The predicted octanol–water partition coefficient (Wildman–Crippen LogP) is 2.38. The topological polar surface area (TPSA) is 53.0 Å². The summed E-state index contributed by atoms with van der Waals surface area (Å²) in [6, 6.07) is 16.4. The first-order valence-electron chi connectivity index (χ1n) is 9.13. The summed E-state index contributed by atoms with van der Waals surface area (Å²) in [7, 11) is 1.63. The van der Waals surface area contributed by atoms with Crippen molar-refractivity contribution in [2.24, 2.45) is 4.99 Å². The molecule has 1 N–H and O–H groups in total. The highest BCUT2D eigenvalue weighted by molar-refractivity contribution is 5.80. The Morgan fingerprint density at radius 3 is 2.54 bits per heavy atom. The highest BCUT2D eigenvalue weighted by Crippen LogP contribution is 2.15. The van der Waals surface area contributed by atoms with Gasteiger partial charge in [-0.2, -0.15) is 0 Å². The predicted molar refractivity (Wildman–Crippen MR) is 106 cm³/mol. The minimum absolute atomic E-state index is 0.540. The van der Waals surface area contributed by atoms with Crippen LogP contribution in [-0.2, 0) is 6.54 Å². The SMILES string of the molecule is CCNC(=NCc1cccc(OC)n1)N1CCN(c2ccccc2)CC1. The standard InChI is InChI=1S/C20H27N5O/c1-3-21-20(22-16-17-8-7-11-19(23-17)26-2)25-14-12-24(13-15-25)18-9-5-4-6-10-18/h4-11H,3,12-16H2,1-2H3,(H,21,22). The van der Waals surface area contributed by atoms with E-state index in [4.69, 9.17) is 9.73 Å². The monoisotopic (exact) mass is 353 g/mol. The molecule has 0 unspecified atom stereocenters. The quantitative estimate of drug-likeness (QED) is 0.661. The van der Waals surface area contributed by atoms with Crippen LogP contribution in [0.2, 0.25) is 0 Å². The molecule has 1 aliphatic rings. The molecule has 1 aromatic carbocycles. The first-order chi connectivity index (χ1) is 12.8. The molecular formula is C20H27N5O. The van der Waals surface area contributed by atoms with E-state index < -0.39 is 0 Å². The van der Waals surface area contributed by atoms with E-state index in [0.29, 0.717) is 12.4 Å². The Morgan fingerprint density at radius 2 is 1.85 bits per heavy atom. The number of methoxy groups -OCH3 is 1. The van der Waals surface area contributed by atoms with Crippen LogP contribution in [-0.4, -0.2) is 55.7 Å². The highest BCUT2D eigenvalue weighted by Gasteiger charge is 2.19. The Labute approximate surface area is 155 Å². The number of hydrogen-bond donors (Lipinski definition) is 1. The van der Waals surface area contributed by atoms with Crippen molar-refractivity contribution in [3.8, 4) is 5.88 Å². The fourth-order valence-electron chi connectivity index (χ4n) is 3.06. The lowest BCUT2D eigenvalue weighted by Crippen LogP contribution is -2.52. The molecule has 26 heavy (non-hydrogen) atoms. The zero-order valence-electron chi connectivity index (χ0n) is 15.6. The first kappa shape index (κ1) is 18.0.